The second-order valence-corrected chi connectivity index (χ2v) is 5.15. The first-order chi connectivity index (χ1) is 8.47. The first-order valence-electron chi connectivity index (χ1n) is 5.52. The Labute approximate surface area is 104 Å². The first-order valence-corrected chi connectivity index (χ1v) is 6.73. The molecule has 0 saturated carbocycles. The van der Waals surface area contributed by atoms with Crippen LogP contribution < -0.4 is 16.1 Å². The van der Waals surface area contributed by atoms with E-state index in [-0.39, 0.29) is 17.8 Å². The van der Waals surface area contributed by atoms with Gasteiger partial charge in [-0.3, -0.25) is 4.79 Å². The lowest BCUT2D eigenvalue weighted by atomic mass is 10.1. The summed E-state index contributed by atoms with van der Waals surface area (Å²) in [5.41, 5.74) is 5.37. The van der Waals surface area contributed by atoms with Crippen molar-refractivity contribution in [3.05, 3.63) is 11.9 Å². The summed E-state index contributed by atoms with van der Waals surface area (Å²) in [7, 11) is -2.38. The maximum absolute atomic E-state index is 11.1. The highest BCUT2D eigenvalue weighted by atomic mass is 31.1. The molecule has 5 N–H and O–H groups in total. The highest BCUT2D eigenvalue weighted by Gasteiger charge is 2.28. The minimum absolute atomic E-state index is 0.0389. The van der Waals surface area contributed by atoms with E-state index < -0.39 is 14.1 Å². The van der Waals surface area contributed by atoms with Crippen molar-refractivity contribution in [3.63, 3.8) is 0 Å². The van der Waals surface area contributed by atoms with Crippen LogP contribution in [0.1, 0.15) is 29.9 Å². The lowest BCUT2D eigenvalue weighted by Gasteiger charge is -2.29. The Morgan fingerprint density at radius 3 is 3.17 bits per heavy atom. The fourth-order valence-corrected chi connectivity index (χ4v) is 2.43. The molecule has 0 fully saturated rings. The fraction of sp³-hybridized carbons (Fsp3) is 0.556. The van der Waals surface area contributed by atoms with Crippen LogP contribution in [-0.4, -0.2) is 32.9 Å². The third kappa shape index (κ3) is 2.66. The quantitative estimate of drug-likeness (QED) is 0.571. The van der Waals surface area contributed by atoms with Gasteiger partial charge < -0.3 is 15.6 Å². The molecule has 0 radical (unpaired) electrons. The number of nitrogens with two attached hydrogens (primary N) is 1. The number of rotatable bonds is 4. The number of carbonyl (C=O) groups excluding carboxylic acids is 1. The minimum Gasteiger partial charge on any atom is -0.364 e. The zero-order valence-corrected chi connectivity index (χ0v) is 10.7. The topological polar surface area (TPSA) is 122 Å². The van der Waals surface area contributed by atoms with E-state index in [9.17, 15) is 9.36 Å². The molecule has 98 valence electrons. The van der Waals surface area contributed by atoms with E-state index >= 15 is 0 Å². The van der Waals surface area contributed by atoms with Crippen molar-refractivity contribution in [1.29, 1.82) is 0 Å². The van der Waals surface area contributed by atoms with Crippen molar-refractivity contribution in [2.45, 2.75) is 25.4 Å². The Morgan fingerprint density at radius 1 is 1.83 bits per heavy atom. The molecule has 0 saturated heterocycles. The predicted octanol–water partition coefficient (Wildman–Crippen LogP) is -0.0335. The summed E-state index contributed by atoms with van der Waals surface area (Å²) in [6, 6.07) is 0.131. The predicted molar refractivity (Wildman–Crippen MR) is 65.3 cm³/mol. The average Bonchev–Trinajstić information content (AvgIpc) is 2.69. The number of nitrogens with one attached hydrogen (secondary N) is 2. The van der Waals surface area contributed by atoms with Crippen molar-refractivity contribution >= 4 is 20.0 Å². The molecule has 0 aromatic carbocycles. The largest absolute Gasteiger partial charge is 0.610 e. The van der Waals surface area contributed by atoms with Gasteiger partial charge in [0.2, 0.25) is 5.95 Å². The van der Waals surface area contributed by atoms with Gasteiger partial charge in [0, 0.05) is 12.2 Å². The summed E-state index contributed by atoms with van der Waals surface area (Å²) in [6.45, 7) is 2.31. The van der Waals surface area contributed by atoms with Crippen LogP contribution >= 0.6 is 8.18 Å². The molecule has 9 heteroatoms. The average molecular weight is 272 g/mol. The fourth-order valence-electron chi connectivity index (χ4n) is 2.06. The van der Waals surface area contributed by atoms with E-state index in [0.29, 0.717) is 12.5 Å². The molecular weight excluding hydrogens is 257 g/mol. The Kier molecular flexibility index (Phi) is 3.60. The highest BCUT2D eigenvalue weighted by molar-refractivity contribution is 7.35. The standard InChI is InChI=1S/C9H14N5O3P/c1-5-2-6(3-11-18(16)17)14-4-7(8(10)15)13-9(14)12-5/h4-6H,2-3H2,1H3,(H4-,10,11,12,13,15,16,17)/p+1. The van der Waals surface area contributed by atoms with E-state index in [1.54, 1.807) is 10.8 Å². The summed E-state index contributed by atoms with van der Waals surface area (Å²) in [4.78, 5) is 24.0. The summed E-state index contributed by atoms with van der Waals surface area (Å²) in [6.07, 6.45) is 2.32. The summed E-state index contributed by atoms with van der Waals surface area (Å²) in [5, 5.41) is 5.62. The maximum Gasteiger partial charge on any atom is 0.610 e. The van der Waals surface area contributed by atoms with Crippen LogP contribution in [0.3, 0.4) is 0 Å². The molecule has 1 aliphatic rings. The number of fused-ring (bicyclic) bond motifs is 1. The third-order valence-electron chi connectivity index (χ3n) is 2.84. The van der Waals surface area contributed by atoms with Gasteiger partial charge in [-0.2, -0.15) is 0 Å². The van der Waals surface area contributed by atoms with Crippen LogP contribution in [0.25, 0.3) is 0 Å². The van der Waals surface area contributed by atoms with Crippen molar-refractivity contribution in [2.24, 2.45) is 5.73 Å². The molecule has 18 heavy (non-hydrogen) atoms. The van der Waals surface area contributed by atoms with Gasteiger partial charge in [-0.15, -0.1) is 4.89 Å². The molecule has 3 unspecified atom stereocenters. The molecule has 2 rings (SSSR count). The van der Waals surface area contributed by atoms with Gasteiger partial charge in [0.1, 0.15) is 5.69 Å². The van der Waals surface area contributed by atoms with Gasteiger partial charge in [0.15, 0.2) is 0 Å². The number of amides is 1. The lowest BCUT2D eigenvalue weighted by molar-refractivity contribution is 0.0996. The monoisotopic (exact) mass is 272 g/mol. The Balaban J connectivity index is 2.23. The van der Waals surface area contributed by atoms with Crippen molar-refractivity contribution in [3.8, 4) is 0 Å². The zero-order valence-electron chi connectivity index (χ0n) is 9.83. The van der Waals surface area contributed by atoms with Crippen LogP contribution in [0.5, 0.6) is 0 Å². The molecule has 1 amide bonds. The van der Waals surface area contributed by atoms with Gasteiger partial charge >= 0.3 is 8.18 Å². The second-order valence-electron chi connectivity index (χ2n) is 4.29. The number of imidazole rings is 1. The molecule has 3 atom stereocenters. The molecule has 0 aliphatic carbocycles. The summed E-state index contributed by atoms with van der Waals surface area (Å²) >= 11 is 0. The van der Waals surface area contributed by atoms with Crippen LogP contribution in [-0.2, 0) is 4.57 Å². The molecule has 1 aromatic rings. The lowest BCUT2D eigenvalue weighted by Crippen LogP contribution is -2.33. The normalized spacial score (nSPS) is 23.1. The number of aromatic nitrogens is 2. The van der Waals surface area contributed by atoms with E-state index in [4.69, 9.17) is 10.6 Å². The number of hydrogen-bond donors (Lipinski definition) is 4. The Morgan fingerprint density at radius 2 is 2.56 bits per heavy atom. The van der Waals surface area contributed by atoms with Crippen LogP contribution in [0.15, 0.2) is 6.20 Å². The molecule has 8 nitrogen and oxygen atoms in total. The number of nitrogens with zero attached hydrogens (tertiary/aromatic N) is 2. The third-order valence-corrected chi connectivity index (χ3v) is 3.29. The summed E-state index contributed by atoms with van der Waals surface area (Å²) in [5.74, 6) is -0.0335. The molecular formula is C9H15N5O3P+. The van der Waals surface area contributed by atoms with Gasteiger partial charge in [-0.1, -0.05) is 5.09 Å². The molecule has 1 aromatic heterocycles. The Bertz CT molecular complexity index is 489. The van der Waals surface area contributed by atoms with E-state index in [0.717, 1.165) is 6.42 Å². The number of hydrogen-bond acceptors (Lipinski definition) is 4. The number of primary amides is 1. The summed E-state index contributed by atoms with van der Waals surface area (Å²) < 4.78 is 12.4. The van der Waals surface area contributed by atoms with E-state index in [1.165, 1.54) is 0 Å². The smallest absolute Gasteiger partial charge is 0.364 e. The highest BCUT2D eigenvalue weighted by Crippen LogP contribution is 2.27. The van der Waals surface area contributed by atoms with Crippen molar-refractivity contribution in [2.75, 3.05) is 11.9 Å². The number of carbonyl (C=O) groups is 1. The molecule has 0 bridgehead atoms. The van der Waals surface area contributed by atoms with Crippen molar-refractivity contribution < 1.29 is 14.3 Å². The molecule has 2 heterocycles. The van der Waals surface area contributed by atoms with E-state index in [2.05, 4.69) is 15.4 Å². The first kappa shape index (κ1) is 12.9. The van der Waals surface area contributed by atoms with Gasteiger partial charge in [-0.05, 0) is 17.9 Å². The zero-order chi connectivity index (χ0) is 13.3. The molecule has 0 spiro atoms. The van der Waals surface area contributed by atoms with Gasteiger partial charge in [0.25, 0.3) is 5.91 Å². The van der Waals surface area contributed by atoms with Crippen LogP contribution in [0.2, 0.25) is 0 Å². The maximum atomic E-state index is 11.1. The van der Waals surface area contributed by atoms with Crippen LogP contribution in [0, 0.1) is 0 Å². The van der Waals surface area contributed by atoms with E-state index in [1.807, 2.05) is 6.92 Å². The Hall–Kier alpha value is -1.50. The number of anilines is 1. The molecule has 1 aliphatic heterocycles. The second kappa shape index (κ2) is 5.01. The van der Waals surface area contributed by atoms with Crippen molar-refractivity contribution in [1.82, 2.24) is 14.6 Å². The SMILES string of the molecule is CC1CC(CN[P+](=O)O)n2cc(C(N)=O)nc2N1. The van der Waals surface area contributed by atoms with Crippen LogP contribution in [0.4, 0.5) is 5.95 Å². The minimum atomic E-state index is -2.38. The van der Waals surface area contributed by atoms with Gasteiger partial charge in [0.05, 0.1) is 12.6 Å². The van der Waals surface area contributed by atoms with Gasteiger partial charge in [-0.25, -0.2) is 4.98 Å².